The van der Waals surface area contributed by atoms with Crippen LogP contribution in [0.3, 0.4) is 0 Å². The molecular weight excluding hydrogens is 188 g/mol. The van der Waals surface area contributed by atoms with E-state index in [1.807, 2.05) is 13.0 Å². The molecule has 1 aromatic rings. The van der Waals surface area contributed by atoms with Gasteiger partial charge in [0.25, 0.3) is 0 Å². The molecule has 0 aromatic carbocycles. The fraction of sp³-hybridized carbons (Fsp3) is 0.400. The van der Waals surface area contributed by atoms with Crippen molar-refractivity contribution in [2.45, 2.75) is 20.3 Å². The Labute approximate surface area is 82.6 Å². The lowest BCUT2D eigenvalue weighted by molar-refractivity contribution is 0.760. The van der Waals surface area contributed by atoms with Crippen molar-refractivity contribution in [1.29, 1.82) is 0 Å². The molecule has 1 unspecified atom stereocenters. The molecule has 2 heteroatoms. The first-order valence-corrected chi connectivity index (χ1v) is 5.08. The highest BCUT2D eigenvalue weighted by Gasteiger charge is 2.02. The van der Waals surface area contributed by atoms with Crippen LogP contribution in [0.15, 0.2) is 12.1 Å². The van der Waals surface area contributed by atoms with Crippen molar-refractivity contribution >= 4 is 22.9 Å². The number of hydrogen-bond donors (Lipinski definition) is 0. The van der Waals surface area contributed by atoms with Crippen molar-refractivity contribution in [2.75, 3.05) is 0 Å². The average Bonchev–Trinajstić information content (AvgIpc) is 2.36. The summed E-state index contributed by atoms with van der Waals surface area (Å²) in [7, 11) is 0. The minimum absolute atomic E-state index is 0.435. The van der Waals surface area contributed by atoms with Crippen LogP contribution in [-0.4, -0.2) is 0 Å². The fourth-order valence-electron chi connectivity index (χ4n) is 1.06. The van der Waals surface area contributed by atoms with Crippen LogP contribution in [0.1, 0.15) is 18.7 Å². The van der Waals surface area contributed by atoms with Crippen LogP contribution in [0.4, 0.5) is 0 Å². The summed E-state index contributed by atoms with van der Waals surface area (Å²) < 4.78 is 0.863. The van der Waals surface area contributed by atoms with E-state index in [2.05, 4.69) is 24.8 Å². The highest BCUT2D eigenvalue weighted by atomic mass is 35.5. The summed E-state index contributed by atoms with van der Waals surface area (Å²) in [6, 6.07) is 4.01. The minimum atomic E-state index is 0.435. The van der Waals surface area contributed by atoms with E-state index >= 15 is 0 Å². The highest BCUT2D eigenvalue weighted by molar-refractivity contribution is 7.16. The summed E-state index contributed by atoms with van der Waals surface area (Å²) in [5, 5.41) is 0. The zero-order chi connectivity index (χ0) is 8.97. The van der Waals surface area contributed by atoms with Crippen LogP contribution in [0.5, 0.6) is 0 Å². The number of thiophene rings is 1. The van der Waals surface area contributed by atoms with E-state index in [1.165, 1.54) is 4.88 Å². The van der Waals surface area contributed by atoms with Crippen LogP contribution in [0, 0.1) is 17.8 Å². The normalized spacial score (nSPS) is 11.9. The molecular formula is C10H11ClS. The van der Waals surface area contributed by atoms with E-state index in [9.17, 15) is 0 Å². The molecule has 0 aliphatic rings. The SMILES string of the molecule is CC#CC(C)Cc1ccc(Cl)s1. The predicted octanol–water partition coefficient (Wildman–Crippen LogP) is 3.60. The first kappa shape index (κ1) is 9.64. The smallest absolute Gasteiger partial charge is 0.0931 e. The monoisotopic (exact) mass is 198 g/mol. The Kier molecular flexibility index (Phi) is 3.65. The molecule has 0 spiro atoms. The largest absolute Gasteiger partial charge is 0.128 e. The molecule has 0 radical (unpaired) electrons. The van der Waals surface area contributed by atoms with Gasteiger partial charge in [0.1, 0.15) is 0 Å². The zero-order valence-corrected chi connectivity index (χ0v) is 8.80. The van der Waals surface area contributed by atoms with E-state index in [-0.39, 0.29) is 0 Å². The minimum Gasteiger partial charge on any atom is -0.128 e. The van der Waals surface area contributed by atoms with Gasteiger partial charge in [-0.1, -0.05) is 18.5 Å². The maximum Gasteiger partial charge on any atom is 0.0931 e. The van der Waals surface area contributed by atoms with Crippen LogP contribution in [0.2, 0.25) is 4.34 Å². The van der Waals surface area contributed by atoms with E-state index in [0.717, 1.165) is 10.8 Å². The molecule has 0 saturated heterocycles. The second-order valence-corrected chi connectivity index (χ2v) is 4.50. The topological polar surface area (TPSA) is 0 Å². The van der Waals surface area contributed by atoms with Crippen LogP contribution in [0.25, 0.3) is 0 Å². The summed E-state index contributed by atoms with van der Waals surface area (Å²) >= 11 is 7.44. The maximum atomic E-state index is 5.80. The van der Waals surface area contributed by atoms with Gasteiger partial charge >= 0.3 is 0 Å². The molecule has 1 aromatic heterocycles. The standard InChI is InChI=1S/C10H11ClS/c1-3-4-8(2)7-9-5-6-10(11)12-9/h5-6,8H,7H2,1-2H3. The Hall–Kier alpha value is -0.450. The van der Waals surface area contributed by atoms with Crippen molar-refractivity contribution in [2.24, 2.45) is 5.92 Å². The first-order valence-electron chi connectivity index (χ1n) is 3.89. The van der Waals surface area contributed by atoms with Gasteiger partial charge in [-0.3, -0.25) is 0 Å². The number of rotatable bonds is 2. The lowest BCUT2D eigenvalue weighted by atomic mass is 10.1. The molecule has 0 aliphatic heterocycles. The fourth-order valence-corrected chi connectivity index (χ4v) is 2.28. The van der Waals surface area contributed by atoms with E-state index < -0.39 is 0 Å². The summed E-state index contributed by atoms with van der Waals surface area (Å²) in [5.74, 6) is 6.47. The number of halogens is 1. The van der Waals surface area contributed by atoms with Crippen LogP contribution in [-0.2, 0) is 6.42 Å². The van der Waals surface area contributed by atoms with Crippen molar-refractivity contribution in [3.63, 3.8) is 0 Å². The molecule has 1 rings (SSSR count). The molecule has 1 heterocycles. The Morgan fingerprint density at radius 3 is 2.83 bits per heavy atom. The first-order chi connectivity index (χ1) is 5.72. The highest BCUT2D eigenvalue weighted by Crippen LogP contribution is 2.23. The van der Waals surface area contributed by atoms with Gasteiger partial charge in [0, 0.05) is 10.8 Å². The van der Waals surface area contributed by atoms with Crippen molar-refractivity contribution < 1.29 is 0 Å². The maximum absolute atomic E-state index is 5.80. The van der Waals surface area contributed by atoms with Gasteiger partial charge in [-0.25, -0.2) is 0 Å². The molecule has 0 nitrogen and oxygen atoms in total. The molecule has 0 saturated carbocycles. The van der Waals surface area contributed by atoms with Crippen LogP contribution < -0.4 is 0 Å². The second kappa shape index (κ2) is 4.54. The summed E-state index contributed by atoms with van der Waals surface area (Å²) in [6.45, 7) is 4.00. The van der Waals surface area contributed by atoms with Gasteiger partial charge in [0.05, 0.1) is 4.34 Å². The molecule has 0 aliphatic carbocycles. The molecule has 0 amide bonds. The third-order valence-corrected chi connectivity index (χ3v) is 2.78. The van der Waals surface area contributed by atoms with Gasteiger partial charge in [-0.2, -0.15) is 0 Å². The Morgan fingerprint density at radius 1 is 1.58 bits per heavy atom. The summed E-state index contributed by atoms with van der Waals surface area (Å²) in [5.41, 5.74) is 0. The molecule has 1 atom stereocenters. The molecule has 0 N–H and O–H groups in total. The Balaban J connectivity index is 2.56. The quantitative estimate of drug-likeness (QED) is 0.637. The van der Waals surface area contributed by atoms with E-state index in [4.69, 9.17) is 11.6 Å². The third-order valence-electron chi connectivity index (χ3n) is 1.53. The molecule has 64 valence electrons. The van der Waals surface area contributed by atoms with Crippen molar-refractivity contribution in [3.05, 3.63) is 21.3 Å². The van der Waals surface area contributed by atoms with Crippen molar-refractivity contribution in [3.8, 4) is 11.8 Å². The molecule has 0 fully saturated rings. The van der Waals surface area contributed by atoms with E-state index in [1.54, 1.807) is 11.3 Å². The Bertz CT molecular complexity index is 303. The van der Waals surface area contributed by atoms with Gasteiger partial charge in [0.2, 0.25) is 0 Å². The van der Waals surface area contributed by atoms with Crippen molar-refractivity contribution in [1.82, 2.24) is 0 Å². The average molecular weight is 199 g/mol. The van der Waals surface area contributed by atoms with Gasteiger partial charge in [0.15, 0.2) is 0 Å². The lowest BCUT2D eigenvalue weighted by Crippen LogP contribution is -1.93. The van der Waals surface area contributed by atoms with Gasteiger partial charge in [-0.15, -0.1) is 23.2 Å². The lowest BCUT2D eigenvalue weighted by Gasteiger charge is -1.99. The third kappa shape index (κ3) is 2.89. The molecule has 0 bridgehead atoms. The second-order valence-electron chi connectivity index (χ2n) is 2.71. The van der Waals surface area contributed by atoms with Crippen LogP contribution >= 0.6 is 22.9 Å². The van der Waals surface area contributed by atoms with Gasteiger partial charge < -0.3 is 0 Å². The summed E-state index contributed by atoms with van der Waals surface area (Å²) in [4.78, 5) is 1.32. The number of hydrogen-bond acceptors (Lipinski definition) is 1. The summed E-state index contributed by atoms with van der Waals surface area (Å²) in [6.07, 6.45) is 1.01. The van der Waals surface area contributed by atoms with E-state index in [0.29, 0.717) is 5.92 Å². The van der Waals surface area contributed by atoms with Gasteiger partial charge in [-0.05, 0) is 25.5 Å². The zero-order valence-electron chi connectivity index (χ0n) is 7.23. The Morgan fingerprint density at radius 2 is 2.33 bits per heavy atom. The molecule has 12 heavy (non-hydrogen) atoms. The predicted molar refractivity (Wildman–Crippen MR) is 55.6 cm³/mol.